The van der Waals surface area contributed by atoms with Crippen LogP contribution in [0.5, 0.6) is 0 Å². The summed E-state index contributed by atoms with van der Waals surface area (Å²) < 4.78 is 26.5. The molecule has 1 aromatic heterocycles. The molecule has 1 aromatic rings. The molecule has 0 aromatic carbocycles. The van der Waals surface area contributed by atoms with Crippen molar-refractivity contribution in [3.05, 3.63) is 17.0 Å². The first-order valence-corrected chi connectivity index (χ1v) is 8.23. The fourth-order valence-corrected chi connectivity index (χ4v) is 3.86. The number of aryl methyl sites for hydroxylation is 1. The Morgan fingerprint density at radius 1 is 1.30 bits per heavy atom. The normalized spacial score (nSPS) is 20.7. The summed E-state index contributed by atoms with van der Waals surface area (Å²) in [6.45, 7) is 4.27. The topological polar surface area (TPSA) is 50.2 Å². The van der Waals surface area contributed by atoms with E-state index < -0.39 is 6.55 Å². The van der Waals surface area contributed by atoms with Crippen molar-refractivity contribution in [3.8, 4) is 0 Å². The van der Waals surface area contributed by atoms with E-state index in [1.165, 1.54) is 6.42 Å². The number of carbonyl (C=O) groups is 1. The Kier molecular flexibility index (Phi) is 4.40. The number of alkyl halides is 2. The molecule has 7 heteroatoms. The number of halogens is 2. The standard InChI is InChI=1S/C16H24F2N4O/c1-11-13(12(2)22(20-11)15(17)18)9-14(23)21-7-4-16(5-8-21)3-6-19-10-16/h15,19H,3-10H2,1-2H3. The third kappa shape index (κ3) is 3.11. The van der Waals surface area contributed by atoms with Crippen LogP contribution >= 0.6 is 0 Å². The molecule has 3 heterocycles. The van der Waals surface area contributed by atoms with Gasteiger partial charge in [0.1, 0.15) is 0 Å². The molecular weight excluding hydrogens is 302 g/mol. The Hall–Kier alpha value is -1.50. The molecule has 3 rings (SSSR count). The molecule has 2 aliphatic rings. The molecule has 1 amide bonds. The Labute approximate surface area is 135 Å². The smallest absolute Gasteiger partial charge is 0.333 e. The van der Waals surface area contributed by atoms with E-state index >= 15 is 0 Å². The molecule has 0 unspecified atom stereocenters. The predicted molar refractivity (Wildman–Crippen MR) is 82.4 cm³/mol. The molecule has 0 aliphatic carbocycles. The molecular formula is C16H24F2N4O. The Bertz CT molecular complexity index is 583. The third-order valence-corrected chi connectivity index (χ3v) is 5.50. The summed E-state index contributed by atoms with van der Waals surface area (Å²) in [5.41, 5.74) is 1.91. The minimum atomic E-state index is -2.66. The monoisotopic (exact) mass is 326 g/mol. The molecule has 1 N–H and O–H groups in total. The number of nitrogens with one attached hydrogen (secondary N) is 1. The van der Waals surface area contributed by atoms with Crippen LogP contribution in [0.25, 0.3) is 0 Å². The molecule has 0 radical (unpaired) electrons. The van der Waals surface area contributed by atoms with Crippen LogP contribution in [0.4, 0.5) is 8.78 Å². The Balaban J connectivity index is 1.64. The number of rotatable bonds is 3. The first-order valence-electron chi connectivity index (χ1n) is 8.23. The maximum atomic E-state index is 12.9. The van der Waals surface area contributed by atoms with Crippen molar-refractivity contribution in [2.75, 3.05) is 26.2 Å². The lowest BCUT2D eigenvalue weighted by molar-refractivity contribution is -0.132. The average molecular weight is 326 g/mol. The van der Waals surface area contributed by atoms with Crippen LogP contribution in [0.1, 0.15) is 42.8 Å². The van der Waals surface area contributed by atoms with Crippen molar-refractivity contribution in [3.63, 3.8) is 0 Å². The fraction of sp³-hybridized carbons (Fsp3) is 0.750. The second kappa shape index (κ2) is 6.19. The van der Waals surface area contributed by atoms with Crippen molar-refractivity contribution in [1.29, 1.82) is 0 Å². The van der Waals surface area contributed by atoms with Crippen molar-refractivity contribution in [2.45, 2.75) is 46.1 Å². The van der Waals surface area contributed by atoms with Crippen molar-refractivity contribution in [1.82, 2.24) is 20.0 Å². The Morgan fingerprint density at radius 2 is 2.00 bits per heavy atom. The van der Waals surface area contributed by atoms with E-state index in [1.54, 1.807) is 13.8 Å². The molecule has 2 fully saturated rings. The quantitative estimate of drug-likeness (QED) is 0.925. The number of hydrogen-bond acceptors (Lipinski definition) is 3. The maximum absolute atomic E-state index is 12.9. The molecule has 0 atom stereocenters. The number of aromatic nitrogens is 2. The van der Waals surface area contributed by atoms with Crippen molar-refractivity contribution < 1.29 is 13.6 Å². The van der Waals surface area contributed by atoms with Gasteiger partial charge in [-0.1, -0.05) is 0 Å². The van der Waals surface area contributed by atoms with Gasteiger partial charge >= 0.3 is 6.55 Å². The lowest BCUT2D eigenvalue weighted by atomic mass is 9.78. The fourth-order valence-electron chi connectivity index (χ4n) is 3.86. The maximum Gasteiger partial charge on any atom is 0.333 e. The van der Waals surface area contributed by atoms with Gasteiger partial charge in [0.05, 0.1) is 12.1 Å². The molecule has 1 spiro atoms. The van der Waals surface area contributed by atoms with Gasteiger partial charge in [-0.2, -0.15) is 13.9 Å². The van der Waals surface area contributed by atoms with E-state index in [0.29, 0.717) is 27.0 Å². The van der Waals surface area contributed by atoms with Crippen LogP contribution in [0, 0.1) is 19.3 Å². The van der Waals surface area contributed by atoms with Crippen molar-refractivity contribution >= 4 is 5.91 Å². The third-order valence-electron chi connectivity index (χ3n) is 5.50. The summed E-state index contributed by atoms with van der Waals surface area (Å²) in [4.78, 5) is 14.4. The summed E-state index contributed by atoms with van der Waals surface area (Å²) in [6.07, 6.45) is 3.41. The van der Waals surface area contributed by atoms with Gasteiger partial charge in [-0.15, -0.1) is 0 Å². The van der Waals surface area contributed by atoms with Gasteiger partial charge in [-0.05, 0) is 45.1 Å². The second-order valence-electron chi connectivity index (χ2n) is 6.86. The zero-order valence-electron chi connectivity index (χ0n) is 13.7. The zero-order valence-corrected chi connectivity index (χ0v) is 13.7. The highest BCUT2D eigenvalue weighted by Crippen LogP contribution is 2.37. The van der Waals surface area contributed by atoms with E-state index in [2.05, 4.69) is 10.4 Å². The number of piperidine rings is 1. The summed E-state index contributed by atoms with van der Waals surface area (Å²) in [6, 6.07) is 0. The largest absolute Gasteiger partial charge is 0.342 e. The number of nitrogens with zero attached hydrogens (tertiary/aromatic N) is 3. The lowest BCUT2D eigenvalue weighted by Gasteiger charge is -2.39. The van der Waals surface area contributed by atoms with Gasteiger partial charge in [0, 0.05) is 30.9 Å². The Morgan fingerprint density at radius 3 is 2.52 bits per heavy atom. The minimum absolute atomic E-state index is 0.0193. The molecule has 5 nitrogen and oxygen atoms in total. The molecule has 23 heavy (non-hydrogen) atoms. The van der Waals surface area contributed by atoms with Crippen LogP contribution in [-0.4, -0.2) is 46.8 Å². The SMILES string of the molecule is Cc1nn(C(F)F)c(C)c1CC(=O)N1CCC2(CCNC2)CC1. The van der Waals surface area contributed by atoms with Gasteiger partial charge in [-0.25, -0.2) is 4.68 Å². The van der Waals surface area contributed by atoms with Crippen LogP contribution < -0.4 is 5.32 Å². The average Bonchev–Trinajstić information content (AvgIpc) is 3.08. The van der Waals surface area contributed by atoms with E-state index in [0.717, 1.165) is 39.0 Å². The van der Waals surface area contributed by atoms with Gasteiger partial charge in [0.15, 0.2) is 0 Å². The first kappa shape index (κ1) is 16.4. The summed E-state index contributed by atoms with van der Waals surface area (Å²) in [5.74, 6) is 0.0193. The second-order valence-corrected chi connectivity index (χ2v) is 6.86. The number of likely N-dealkylation sites (tertiary alicyclic amines) is 1. The lowest BCUT2D eigenvalue weighted by Crippen LogP contribution is -2.44. The van der Waals surface area contributed by atoms with Gasteiger partial charge in [0.25, 0.3) is 0 Å². The van der Waals surface area contributed by atoms with Crippen LogP contribution in [0.3, 0.4) is 0 Å². The highest BCUT2D eigenvalue weighted by molar-refractivity contribution is 5.79. The van der Waals surface area contributed by atoms with E-state index in [9.17, 15) is 13.6 Å². The molecule has 0 bridgehead atoms. The molecule has 128 valence electrons. The van der Waals surface area contributed by atoms with E-state index in [-0.39, 0.29) is 12.3 Å². The van der Waals surface area contributed by atoms with E-state index in [1.807, 2.05) is 4.90 Å². The first-order chi connectivity index (χ1) is 10.9. The highest BCUT2D eigenvalue weighted by Gasteiger charge is 2.38. The van der Waals surface area contributed by atoms with Crippen molar-refractivity contribution in [2.24, 2.45) is 5.41 Å². The summed E-state index contributed by atoms with van der Waals surface area (Å²) in [5, 5.41) is 7.26. The van der Waals surface area contributed by atoms with Gasteiger partial charge in [0.2, 0.25) is 5.91 Å². The van der Waals surface area contributed by atoms with Crippen LogP contribution in [0.15, 0.2) is 0 Å². The molecule has 2 saturated heterocycles. The molecule has 0 saturated carbocycles. The number of amides is 1. The molecule has 2 aliphatic heterocycles. The highest BCUT2D eigenvalue weighted by atomic mass is 19.3. The number of hydrogen-bond donors (Lipinski definition) is 1. The zero-order chi connectivity index (χ0) is 16.6. The van der Waals surface area contributed by atoms with Crippen LogP contribution in [0.2, 0.25) is 0 Å². The van der Waals surface area contributed by atoms with E-state index in [4.69, 9.17) is 0 Å². The van der Waals surface area contributed by atoms with Crippen LogP contribution in [-0.2, 0) is 11.2 Å². The van der Waals surface area contributed by atoms with Gasteiger partial charge in [-0.3, -0.25) is 4.79 Å². The number of carbonyl (C=O) groups excluding carboxylic acids is 1. The summed E-state index contributed by atoms with van der Waals surface area (Å²) >= 11 is 0. The van der Waals surface area contributed by atoms with Gasteiger partial charge < -0.3 is 10.2 Å². The summed E-state index contributed by atoms with van der Waals surface area (Å²) in [7, 11) is 0. The predicted octanol–water partition coefficient (Wildman–Crippen LogP) is 2.04. The minimum Gasteiger partial charge on any atom is -0.342 e.